The van der Waals surface area contributed by atoms with E-state index in [1.807, 2.05) is 0 Å². The molecule has 3 rings (SSSR count). The summed E-state index contributed by atoms with van der Waals surface area (Å²) in [5.74, 6) is -1.06. The summed E-state index contributed by atoms with van der Waals surface area (Å²) in [6.45, 7) is 3.93. The first-order valence-corrected chi connectivity index (χ1v) is 11.6. The van der Waals surface area contributed by atoms with Gasteiger partial charge < -0.3 is 10.0 Å². The number of sulfonamides is 1. The van der Waals surface area contributed by atoms with Crippen LogP contribution in [0.1, 0.15) is 25.0 Å². The van der Waals surface area contributed by atoms with Crippen LogP contribution >= 0.6 is 11.6 Å². The molecule has 6 nitrogen and oxygen atoms in total. The van der Waals surface area contributed by atoms with Crippen molar-refractivity contribution in [3.05, 3.63) is 58.6 Å². The molecule has 2 atom stereocenters. The lowest BCUT2D eigenvalue weighted by Crippen LogP contribution is -2.58. The molecule has 11 heteroatoms. The number of hydrogen-bond acceptors (Lipinski definition) is 4. The molecule has 0 aromatic heterocycles. The van der Waals surface area contributed by atoms with E-state index in [0.717, 1.165) is 6.07 Å². The number of aliphatic carboxylic acids is 1. The molecule has 174 valence electrons. The van der Waals surface area contributed by atoms with Crippen molar-refractivity contribution < 1.29 is 31.5 Å². The molecule has 1 aliphatic rings. The third-order valence-electron chi connectivity index (χ3n) is 5.29. The fraction of sp³-hybridized carbons (Fsp3) is 0.381. The monoisotopic (exact) mass is 490 g/mol. The van der Waals surface area contributed by atoms with Crippen LogP contribution in [0.15, 0.2) is 47.4 Å². The molecule has 0 aliphatic carbocycles. The number of halogens is 4. The summed E-state index contributed by atoms with van der Waals surface area (Å²) in [5, 5.41) is 8.56. The Morgan fingerprint density at radius 2 is 1.75 bits per heavy atom. The zero-order valence-electron chi connectivity index (χ0n) is 17.3. The highest BCUT2D eigenvalue weighted by Gasteiger charge is 2.39. The normalized spacial score (nSPS) is 20.4. The molecular weight excluding hydrogens is 469 g/mol. The van der Waals surface area contributed by atoms with Crippen LogP contribution in [0.2, 0.25) is 5.02 Å². The number of nitrogens with zero attached hydrogens (tertiary/aromatic N) is 2. The minimum absolute atomic E-state index is 0.000902. The lowest BCUT2D eigenvalue weighted by atomic mass is 10.1. The Kier molecular flexibility index (Phi) is 6.78. The molecule has 2 aromatic carbocycles. The van der Waals surface area contributed by atoms with Crippen molar-refractivity contribution in [2.45, 2.75) is 43.4 Å². The minimum Gasteiger partial charge on any atom is -0.481 e. The maximum Gasteiger partial charge on any atom is 0.417 e. The summed E-state index contributed by atoms with van der Waals surface area (Å²) in [4.78, 5) is 12.8. The Labute approximate surface area is 189 Å². The van der Waals surface area contributed by atoms with Gasteiger partial charge in [-0.2, -0.15) is 17.5 Å². The molecule has 1 fully saturated rings. The van der Waals surface area contributed by atoms with Gasteiger partial charge in [-0.25, -0.2) is 8.42 Å². The number of rotatable bonds is 5. The lowest BCUT2D eigenvalue weighted by Gasteiger charge is -2.44. The zero-order chi connectivity index (χ0) is 23.8. The Hall–Kier alpha value is -2.30. The Morgan fingerprint density at radius 1 is 1.12 bits per heavy atom. The Balaban J connectivity index is 1.85. The molecule has 2 aromatic rings. The van der Waals surface area contributed by atoms with Crippen molar-refractivity contribution in [3.63, 3.8) is 0 Å². The first kappa shape index (κ1) is 24.3. The van der Waals surface area contributed by atoms with Crippen LogP contribution in [0.5, 0.6) is 0 Å². The second-order valence-electron chi connectivity index (χ2n) is 7.82. The van der Waals surface area contributed by atoms with E-state index in [9.17, 15) is 26.4 Å². The molecule has 1 N–H and O–H groups in total. The minimum atomic E-state index is -4.56. The highest BCUT2D eigenvalue weighted by molar-refractivity contribution is 7.89. The van der Waals surface area contributed by atoms with E-state index in [4.69, 9.17) is 16.7 Å². The molecule has 1 aliphatic heterocycles. The van der Waals surface area contributed by atoms with Crippen molar-refractivity contribution in [1.82, 2.24) is 4.31 Å². The summed E-state index contributed by atoms with van der Waals surface area (Å²) >= 11 is 5.84. The standard InChI is InChI=1S/C21H22ClF3N2O4S/c1-13-11-26(16-6-7-18(19(22)10-16)21(23,24)25)12-14(2)27(13)32(30,31)17-5-3-4-15(8-17)9-20(28)29/h3-8,10,13-14H,9,11-12H2,1-2H3,(H,28,29). The van der Waals surface area contributed by atoms with Gasteiger partial charge in [0.2, 0.25) is 10.0 Å². The Morgan fingerprint density at radius 3 is 2.28 bits per heavy atom. The van der Waals surface area contributed by atoms with Crippen molar-refractivity contribution in [1.29, 1.82) is 0 Å². The molecule has 0 amide bonds. The summed E-state index contributed by atoms with van der Waals surface area (Å²) in [6.07, 6.45) is -4.85. The number of carboxylic acid groups (broad SMARTS) is 1. The first-order valence-electron chi connectivity index (χ1n) is 9.76. The van der Waals surface area contributed by atoms with E-state index in [1.54, 1.807) is 24.8 Å². The molecular formula is C21H22ClF3N2O4S. The van der Waals surface area contributed by atoms with Crippen LogP contribution in [-0.4, -0.2) is 49.0 Å². The van der Waals surface area contributed by atoms with Gasteiger partial charge in [0.15, 0.2) is 0 Å². The van der Waals surface area contributed by atoms with Crippen LogP contribution in [-0.2, 0) is 27.4 Å². The molecule has 1 heterocycles. The van der Waals surface area contributed by atoms with Crippen LogP contribution in [0, 0.1) is 0 Å². The van der Waals surface area contributed by atoms with Gasteiger partial charge in [0.1, 0.15) is 0 Å². The predicted octanol–water partition coefficient (Wildman–Crippen LogP) is 4.27. The zero-order valence-corrected chi connectivity index (χ0v) is 18.9. The predicted molar refractivity (Wildman–Crippen MR) is 114 cm³/mol. The Bertz CT molecular complexity index is 1110. The first-order chi connectivity index (χ1) is 14.8. The molecule has 0 spiro atoms. The third kappa shape index (κ3) is 5.02. The molecule has 32 heavy (non-hydrogen) atoms. The number of piperazine rings is 1. The molecule has 0 radical (unpaired) electrons. The van der Waals surface area contributed by atoms with Gasteiger partial charge in [-0.05, 0) is 49.7 Å². The smallest absolute Gasteiger partial charge is 0.417 e. The number of carboxylic acids is 1. The van der Waals surface area contributed by atoms with E-state index < -0.39 is 44.8 Å². The second kappa shape index (κ2) is 8.92. The van der Waals surface area contributed by atoms with Gasteiger partial charge in [0.25, 0.3) is 0 Å². The number of alkyl halides is 3. The van der Waals surface area contributed by atoms with Crippen molar-refractivity contribution in [2.24, 2.45) is 0 Å². The van der Waals surface area contributed by atoms with Crippen molar-refractivity contribution in [3.8, 4) is 0 Å². The van der Waals surface area contributed by atoms with Gasteiger partial charge in [0.05, 0.1) is 21.9 Å². The number of hydrogen-bond donors (Lipinski definition) is 1. The average Bonchev–Trinajstić information content (AvgIpc) is 2.65. The summed E-state index contributed by atoms with van der Waals surface area (Å²) < 4.78 is 66.9. The number of benzene rings is 2. The van der Waals surface area contributed by atoms with Crippen molar-refractivity contribution in [2.75, 3.05) is 18.0 Å². The highest BCUT2D eigenvalue weighted by Crippen LogP contribution is 2.37. The van der Waals surface area contributed by atoms with Gasteiger partial charge in [-0.15, -0.1) is 0 Å². The van der Waals surface area contributed by atoms with E-state index in [1.165, 1.54) is 34.6 Å². The van der Waals surface area contributed by atoms with E-state index in [0.29, 0.717) is 11.3 Å². The third-order valence-corrected chi connectivity index (χ3v) is 7.73. The quantitative estimate of drug-likeness (QED) is 0.677. The lowest BCUT2D eigenvalue weighted by molar-refractivity contribution is -0.138. The van der Waals surface area contributed by atoms with Crippen LogP contribution < -0.4 is 4.90 Å². The number of carbonyl (C=O) groups is 1. The summed E-state index contributed by atoms with van der Waals surface area (Å²) in [6, 6.07) is 8.32. The highest BCUT2D eigenvalue weighted by atomic mass is 35.5. The summed E-state index contributed by atoms with van der Waals surface area (Å²) in [7, 11) is -3.92. The molecule has 0 saturated carbocycles. The number of anilines is 1. The molecule has 1 saturated heterocycles. The maximum absolute atomic E-state index is 13.3. The van der Waals surface area contributed by atoms with Gasteiger partial charge in [0, 0.05) is 30.9 Å². The van der Waals surface area contributed by atoms with Gasteiger partial charge >= 0.3 is 12.1 Å². The van der Waals surface area contributed by atoms with Crippen LogP contribution in [0.3, 0.4) is 0 Å². The van der Waals surface area contributed by atoms with E-state index in [2.05, 4.69) is 0 Å². The fourth-order valence-corrected chi connectivity index (χ4v) is 6.19. The van der Waals surface area contributed by atoms with Gasteiger partial charge in [-0.1, -0.05) is 23.7 Å². The molecule has 2 unspecified atom stereocenters. The van der Waals surface area contributed by atoms with Crippen molar-refractivity contribution >= 4 is 33.3 Å². The largest absolute Gasteiger partial charge is 0.481 e. The van der Waals surface area contributed by atoms with E-state index in [-0.39, 0.29) is 24.4 Å². The SMILES string of the molecule is CC1CN(c2ccc(C(F)(F)F)c(Cl)c2)CC(C)N1S(=O)(=O)c1cccc(CC(=O)O)c1. The van der Waals surface area contributed by atoms with Gasteiger partial charge in [-0.3, -0.25) is 4.79 Å². The fourth-order valence-electron chi connectivity index (χ4n) is 4.04. The van der Waals surface area contributed by atoms with E-state index >= 15 is 0 Å². The molecule has 0 bridgehead atoms. The topological polar surface area (TPSA) is 77.9 Å². The van der Waals surface area contributed by atoms with Crippen LogP contribution in [0.25, 0.3) is 0 Å². The summed E-state index contributed by atoms with van der Waals surface area (Å²) in [5.41, 5.74) is -0.0782. The maximum atomic E-state index is 13.3. The average molecular weight is 491 g/mol. The second-order valence-corrected chi connectivity index (χ2v) is 10.1. The van der Waals surface area contributed by atoms with Crippen LogP contribution in [0.4, 0.5) is 18.9 Å².